The van der Waals surface area contributed by atoms with Gasteiger partial charge in [-0.3, -0.25) is 4.90 Å². The van der Waals surface area contributed by atoms with Crippen molar-refractivity contribution >= 4 is 5.97 Å². The fourth-order valence-corrected chi connectivity index (χ4v) is 1.72. The van der Waals surface area contributed by atoms with Crippen LogP contribution in [-0.2, 0) is 4.79 Å². The lowest BCUT2D eigenvalue weighted by atomic mass is 10.1. The highest BCUT2D eigenvalue weighted by Gasteiger charge is 2.36. The van der Waals surface area contributed by atoms with Crippen molar-refractivity contribution < 1.29 is 14.3 Å². The smallest absolute Gasteiger partial charge is 0.327 e. The third kappa shape index (κ3) is 3.30. The van der Waals surface area contributed by atoms with Crippen LogP contribution in [0.4, 0.5) is 4.39 Å². The molecule has 4 heteroatoms. The molecule has 15 heavy (non-hydrogen) atoms. The molecule has 1 rings (SSSR count). The molecule has 0 aliphatic carbocycles. The van der Waals surface area contributed by atoms with E-state index in [1.54, 1.807) is 0 Å². The van der Waals surface area contributed by atoms with Crippen molar-refractivity contribution in [1.29, 1.82) is 0 Å². The number of hydrogen-bond donors (Lipinski definition) is 1. The summed E-state index contributed by atoms with van der Waals surface area (Å²) in [6, 6.07) is 0. The number of alkyl halides is 1. The average molecular weight is 215 g/mol. The average Bonchev–Trinajstić information content (AvgIpc) is 2.42. The molecule has 1 heterocycles. The zero-order chi connectivity index (χ0) is 11.6. The van der Waals surface area contributed by atoms with Gasteiger partial charge in [0.2, 0.25) is 0 Å². The summed E-state index contributed by atoms with van der Waals surface area (Å²) in [4.78, 5) is 12.4. The number of aliphatic carboxylic acids is 1. The number of nitrogens with zero attached hydrogens (tertiary/aromatic N) is 1. The third-order valence-corrected chi connectivity index (χ3v) is 2.73. The first-order chi connectivity index (χ1) is 6.80. The Morgan fingerprint density at radius 1 is 1.47 bits per heavy atom. The lowest BCUT2D eigenvalue weighted by Crippen LogP contribution is -2.39. The van der Waals surface area contributed by atoms with Gasteiger partial charge in [-0.05, 0) is 20.8 Å². The van der Waals surface area contributed by atoms with Gasteiger partial charge in [-0.2, -0.15) is 0 Å². The SMILES string of the molecule is CC(C)(C)N1CC(F)C(/C=C/C(=O)O)C1. The Bertz CT molecular complexity index is 270. The molecule has 2 unspecified atom stereocenters. The van der Waals surface area contributed by atoms with E-state index < -0.39 is 12.1 Å². The Hall–Kier alpha value is -0.900. The molecule has 1 aliphatic heterocycles. The number of carboxylic acids is 1. The van der Waals surface area contributed by atoms with Crippen molar-refractivity contribution in [2.24, 2.45) is 5.92 Å². The van der Waals surface area contributed by atoms with Crippen molar-refractivity contribution in [3.05, 3.63) is 12.2 Å². The van der Waals surface area contributed by atoms with Crippen LogP contribution in [0.1, 0.15) is 20.8 Å². The summed E-state index contributed by atoms with van der Waals surface area (Å²) >= 11 is 0. The molecular formula is C11H18FNO2. The quantitative estimate of drug-likeness (QED) is 0.713. The van der Waals surface area contributed by atoms with Crippen LogP contribution in [0.2, 0.25) is 0 Å². The Morgan fingerprint density at radius 2 is 2.07 bits per heavy atom. The molecule has 0 bridgehead atoms. The Kier molecular flexibility index (Phi) is 3.50. The maximum absolute atomic E-state index is 13.5. The van der Waals surface area contributed by atoms with Gasteiger partial charge in [0, 0.05) is 30.6 Å². The summed E-state index contributed by atoms with van der Waals surface area (Å²) in [7, 11) is 0. The predicted octanol–water partition coefficient (Wildman–Crippen LogP) is 1.70. The van der Waals surface area contributed by atoms with Gasteiger partial charge >= 0.3 is 5.97 Å². The van der Waals surface area contributed by atoms with E-state index in [1.165, 1.54) is 6.08 Å². The van der Waals surface area contributed by atoms with E-state index in [1.807, 2.05) is 25.7 Å². The van der Waals surface area contributed by atoms with Crippen molar-refractivity contribution in [3.8, 4) is 0 Å². The van der Waals surface area contributed by atoms with Gasteiger partial charge in [0.05, 0.1) is 0 Å². The standard InChI is InChI=1S/C11H18FNO2/c1-11(2,3)13-6-8(9(12)7-13)4-5-10(14)15/h4-5,8-9H,6-7H2,1-3H3,(H,14,15)/b5-4+. The highest BCUT2D eigenvalue weighted by Crippen LogP contribution is 2.27. The van der Waals surface area contributed by atoms with Crippen molar-refractivity contribution in [1.82, 2.24) is 4.90 Å². The van der Waals surface area contributed by atoms with E-state index >= 15 is 0 Å². The van der Waals surface area contributed by atoms with Gasteiger partial charge in [0.25, 0.3) is 0 Å². The molecule has 1 N–H and O–H groups in total. The lowest BCUT2D eigenvalue weighted by Gasteiger charge is -2.31. The maximum atomic E-state index is 13.5. The summed E-state index contributed by atoms with van der Waals surface area (Å²) in [5, 5.41) is 8.46. The van der Waals surface area contributed by atoms with E-state index in [-0.39, 0.29) is 11.5 Å². The lowest BCUT2D eigenvalue weighted by molar-refractivity contribution is -0.131. The molecule has 1 aliphatic rings. The number of likely N-dealkylation sites (tertiary alicyclic amines) is 1. The molecule has 0 saturated carbocycles. The Balaban J connectivity index is 2.61. The minimum Gasteiger partial charge on any atom is -0.478 e. The summed E-state index contributed by atoms with van der Waals surface area (Å²) in [6.45, 7) is 7.07. The summed E-state index contributed by atoms with van der Waals surface area (Å²) in [6.07, 6.45) is 1.53. The second kappa shape index (κ2) is 4.31. The summed E-state index contributed by atoms with van der Waals surface area (Å²) < 4.78 is 13.5. The van der Waals surface area contributed by atoms with Gasteiger partial charge in [-0.1, -0.05) is 6.08 Å². The van der Waals surface area contributed by atoms with Gasteiger partial charge in [-0.25, -0.2) is 9.18 Å². The summed E-state index contributed by atoms with van der Waals surface area (Å²) in [5.74, 6) is -1.31. The van der Waals surface area contributed by atoms with Gasteiger partial charge in [0.15, 0.2) is 0 Å². The molecule has 2 atom stereocenters. The van der Waals surface area contributed by atoms with Crippen LogP contribution in [0.25, 0.3) is 0 Å². The topological polar surface area (TPSA) is 40.5 Å². The van der Waals surface area contributed by atoms with Crippen molar-refractivity contribution in [3.63, 3.8) is 0 Å². The fourth-order valence-electron chi connectivity index (χ4n) is 1.72. The molecule has 3 nitrogen and oxygen atoms in total. The zero-order valence-electron chi connectivity index (χ0n) is 9.40. The van der Waals surface area contributed by atoms with Gasteiger partial charge < -0.3 is 5.11 Å². The number of carbonyl (C=O) groups is 1. The van der Waals surface area contributed by atoms with Gasteiger partial charge in [0.1, 0.15) is 6.17 Å². The van der Waals surface area contributed by atoms with Crippen LogP contribution in [0.5, 0.6) is 0 Å². The molecule has 0 spiro atoms. The van der Waals surface area contributed by atoms with Crippen LogP contribution in [0.15, 0.2) is 12.2 Å². The van der Waals surface area contributed by atoms with Gasteiger partial charge in [-0.15, -0.1) is 0 Å². The summed E-state index contributed by atoms with van der Waals surface area (Å²) in [5.41, 5.74) is -0.0594. The Morgan fingerprint density at radius 3 is 2.47 bits per heavy atom. The van der Waals surface area contributed by atoms with E-state index in [2.05, 4.69) is 0 Å². The van der Waals surface area contributed by atoms with Crippen LogP contribution >= 0.6 is 0 Å². The highest BCUT2D eigenvalue weighted by molar-refractivity contribution is 5.79. The van der Waals surface area contributed by atoms with E-state index in [0.717, 1.165) is 6.08 Å². The first kappa shape index (κ1) is 12.2. The first-order valence-electron chi connectivity index (χ1n) is 5.11. The number of carboxylic acid groups (broad SMARTS) is 1. The zero-order valence-corrected chi connectivity index (χ0v) is 9.40. The molecule has 0 aromatic heterocycles. The Labute approximate surface area is 89.6 Å². The van der Waals surface area contributed by atoms with E-state index in [0.29, 0.717) is 13.1 Å². The largest absolute Gasteiger partial charge is 0.478 e. The third-order valence-electron chi connectivity index (χ3n) is 2.73. The maximum Gasteiger partial charge on any atom is 0.327 e. The number of hydrogen-bond acceptors (Lipinski definition) is 2. The van der Waals surface area contributed by atoms with Crippen LogP contribution in [0, 0.1) is 5.92 Å². The second-order valence-corrected chi connectivity index (χ2v) is 4.95. The predicted molar refractivity (Wildman–Crippen MR) is 56.5 cm³/mol. The molecule has 0 aromatic carbocycles. The molecule has 0 amide bonds. The number of halogens is 1. The molecule has 0 radical (unpaired) electrons. The van der Waals surface area contributed by atoms with E-state index in [4.69, 9.17) is 5.11 Å². The molecule has 0 aromatic rings. The van der Waals surface area contributed by atoms with Crippen LogP contribution < -0.4 is 0 Å². The minimum atomic E-state index is -1.02. The molecule has 1 saturated heterocycles. The van der Waals surface area contributed by atoms with Crippen molar-refractivity contribution in [2.75, 3.05) is 13.1 Å². The number of rotatable bonds is 2. The highest BCUT2D eigenvalue weighted by atomic mass is 19.1. The normalized spacial score (nSPS) is 28.8. The van der Waals surface area contributed by atoms with Crippen LogP contribution in [-0.4, -0.2) is 40.8 Å². The monoisotopic (exact) mass is 215 g/mol. The minimum absolute atomic E-state index is 0.0594. The molecular weight excluding hydrogens is 197 g/mol. The van der Waals surface area contributed by atoms with Crippen molar-refractivity contribution in [2.45, 2.75) is 32.5 Å². The molecule has 1 fully saturated rings. The second-order valence-electron chi connectivity index (χ2n) is 4.95. The molecule has 86 valence electrons. The van der Waals surface area contributed by atoms with E-state index in [9.17, 15) is 9.18 Å². The first-order valence-corrected chi connectivity index (χ1v) is 5.11. The fraction of sp³-hybridized carbons (Fsp3) is 0.727. The van der Waals surface area contributed by atoms with Crippen LogP contribution in [0.3, 0.4) is 0 Å².